The number of carbonyl (C=O) groups is 1. The molecule has 0 radical (unpaired) electrons. The van der Waals surface area contributed by atoms with E-state index < -0.39 is 5.60 Å². The first-order valence-electron chi connectivity index (χ1n) is 7.10. The molecule has 5 nitrogen and oxygen atoms in total. The number of hydrogen-bond acceptors (Lipinski definition) is 4. The summed E-state index contributed by atoms with van der Waals surface area (Å²) in [5.41, 5.74) is 7.14. The summed E-state index contributed by atoms with van der Waals surface area (Å²) in [6, 6.07) is 7.70. The lowest BCUT2D eigenvalue weighted by molar-refractivity contribution is -0.100. The third-order valence-electron chi connectivity index (χ3n) is 4.10. The Bertz CT molecular complexity index is 498. The van der Waals surface area contributed by atoms with Crippen molar-refractivity contribution in [2.75, 3.05) is 24.7 Å². The molecule has 2 heterocycles. The van der Waals surface area contributed by atoms with E-state index in [9.17, 15) is 4.79 Å². The fourth-order valence-corrected chi connectivity index (χ4v) is 2.97. The van der Waals surface area contributed by atoms with Gasteiger partial charge in [0.25, 0.3) is 0 Å². The monoisotopic (exact) mass is 276 g/mol. The Kier molecular flexibility index (Phi) is 3.63. The molecule has 2 fully saturated rings. The zero-order valence-electron chi connectivity index (χ0n) is 11.5. The summed E-state index contributed by atoms with van der Waals surface area (Å²) in [5, 5.41) is 0. The van der Waals surface area contributed by atoms with Crippen LogP contribution in [0.2, 0.25) is 0 Å². The zero-order valence-corrected chi connectivity index (χ0v) is 11.5. The number of nitrogens with two attached hydrogens (primary N) is 1. The number of amides is 1. The van der Waals surface area contributed by atoms with Crippen LogP contribution in [0.25, 0.3) is 0 Å². The van der Waals surface area contributed by atoms with Crippen LogP contribution in [0.3, 0.4) is 0 Å². The van der Waals surface area contributed by atoms with Crippen molar-refractivity contribution < 1.29 is 14.3 Å². The summed E-state index contributed by atoms with van der Waals surface area (Å²) in [7, 11) is 0. The average Bonchev–Trinajstić information content (AvgIpc) is 2.48. The highest BCUT2D eigenvalue weighted by molar-refractivity contribution is 5.89. The normalized spacial score (nSPS) is 26.6. The Hall–Kier alpha value is -1.59. The Morgan fingerprint density at radius 3 is 2.85 bits per heavy atom. The van der Waals surface area contributed by atoms with Crippen LogP contribution in [0, 0.1) is 0 Å². The zero-order chi connectivity index (χ0) is 14.0. The minimum absolute atomic E-state index is 0.289. The molecule has 0 bridgehead atoms. The summed E-state index contributed by atoms with van der Waals surface area (Å²) in [4.78, 5) is 14.0. The highest BCUT2D eigenvalue weighted by Gasteiger charge is 2.42. The van der Waals surface area contributed by atoms with Gasteiger partial charge in [-0.25, -0.2) is 4.79 Å². The van der Waals surface area contributed by atoms with Gasteiger partial charge in [-0.2, -0.15) is 0 Å². The SMILES string of the molecule is NCc1ccccc1N1CCC2(CCCOC2)OC1=O. The summed E-state index contributed by atoms with van der Waals surface area (Å²) in [6.45, 7) is 2.34. The van der Waals surface area contributed by atoms with Crippen LogP contribution in [-0.4, -0.2) is 31.5 Å². The van der Waals surface area contributed by atoms with Crippen LogP contribution in [-0.2, 0) is 16.0 Å². The number of carbonyl (C=O) groups excluding carboxylic acids is 1. The van der Waals surface area contributed by atoms with Crippen molar-refractivity contribution in [2.24, 2.45) is 5.73 Å². The number of rotatable bonds is 2. The molecule has 1 atom stereocenters. The van der Waals surface area contributed by atoms with Gasteiger partial charge in [0, 0.05) is 26.1 Å². The van der Waals surface area contributed by atoms with Crippen molar-refractivity contribution in [3.8, 4) is 0 Å². The molecule has 1 amide bonds. The van der Waals surface area contributed by atoms with E-state index >= 15 is 0 Å². The van der Waals surface area contributed by atoms with Crippen molar-refractivity contribution in [1.29, 1.82) is 0 Å². The number of anilines is 1. The molecule has 1 aromatic rings. The van der Waals surface area contributed by atoms with E-state index in [1.54, 1.807) is 4.90 Å². The molecule has 2 saturated heterocycles. The number of benzene rings is 1. The van der Waals surface area contributed by atoms with Crippen LogP contribution in [0.4, 0.5) is 10.5 Å². The Balaban J connectivity index is 1.79. The largest absolute Gasteiger partial charge is 0.440 e. The standard InChI is InChI=1S/C15H20N2O3/c16-10-12-4-1-2-5-13(12)17-8-7-15(20-14(17)18)6-3-9-19-11-15/h1-2,4-5H,3,6-11,16H2. The van der Waals surface area contributed by atoms with Gasteiger partial charge in [0.15, 0.2) is 0 Å². The molecular weight excluding hydrogens is 256 g/mol. The van der Waals surface area contributed by atoms with Gasteiger partial charge >= 0.3 is 6.09 Å². The Morgan fingerprint density at radius 2 is 2.15 bits per heavy atom. The maximum atomic E-state index is 12.3. The number of nitrogens with zero attached hydrogens (tertiary/aromatic N) is 1. The highest BCUT2D eigenvalue weighted by atomic mass is 16.6. The first-order valence-corrected chi connectivity index (χ1v) is 7.10. The van der Waals surface area contributed by atoms with Crippen molar-refractivity contribution in [3.63, 3.8) is 0 Å². The van der Waals surface area contributed by atoms with E-state index in [2.05, 4.69) is 0 Å². The molecule has 1 spiro atoms. The Morgan fingerprint density at radius 1 is 1.30 bits per heavy atom. The predicted molar refractivity (Wildman–Crippen MR) is 75.6 cm³/mol. The van der Waals surface area contributed by atoms with Crippen LogP contribution < -0.4 is 10.6 Å². The minimum atomic E-state index is -0.413. The molecule has 5 heteroatoms. The van der Waals surface area contributed by atoms with Crippen molar-refractivity contribution >= 4 is 11.8 Å². The molecule has 3 rings (SSSR count). The van der Waals surface area contributed by atoms with E-state index in [-0.39, 0.29) is 6.09 Å². The van der Waals surface area contributed by atoms with Gasteiger partial charge in [-0.1, -0.05) is 18.2 Å². The van der Waals surface area contributed by atoms with Crippen molar-refractivity contribution in [2.45, 2.75) is 31.4 Å². The molecule has 20 heavy (non-hydrogen) atoms. The highest BCUT2D eigenvalue weighted by Crippen LogP contribution is 2.34. The molecule has 1 unspecified atom stereocenters. The fourth-order valence-electron chi connectivity index (χ4n) is 2.97. The quantitative estimate of drug-likeness (QED) is 0.897. The van der Waals surface area contributed by atoms with Crippen LogP contribution in [0.1, 0.15) is 24.8 Å². The molecule has 2 aliphatic rings. The summed E-state index contributed by atoms with van der Waals surface area (Å²) in [5.74, 6) is 0. The topological polar surface area (TPSA) is 64.8 Å². The lowest BCUT2D eigenvalue weighted by atomic mass is 9.91. The predicted octanol–water partition coefficient (Wildman–Crippen LogP) is 2.04. The van der Waals surface area contributed by atoms with Gasteiger partial charge in [0.1, 0.15) is 5.60 Å². The fraction of sp³-hybridized carbons (Fsp3) is 0.533. The smallest absolute Gasteiger partial charge is 0.414 e. The molecule has 108 valence electrons. The third kappa shape index (κ3) is 2.39. The van der Waals surface area contributed by atoms with Crippen LogP contribution in [0.15, 0.2) is 24.3 Å². The molecule has 0 aromatic heterocycles. The molecule has 0 aliphatic carbocycles. The summed E-state index contributed by atoms with van der Waals surface area (Å²) < 4.78 is 11.2. The van der Waals surface area contributed by atoms with E-state index in [1.165, 1.54) is 0 Å². The number of para-hydroxylation sites is 1. The second-order valence-corrected chi connectivity index (χ2v) is 5.44. The van der Waals surface area contributed by atoms with E-state index in [0.29, 0.717) is 19.7 Å². The van der Waals surface area contributed by atoms with Gasteiger partial charge in [0.05, 0.1) is 12.3 Å². The third-order valence-corrected chi connectivity index (χ3v) is 4.10. The second-order valence-electron chi connectivity index (χ2n) is 5.44. The van der Waals surface area contributed by atoms with E-state index in [0.717, 1.165) is 37.1 Å². The molecule has 1 aromatic carbocycles. The molecule has 0 saturated carbocycles. The first-order chi connectivity index (χ1) is 9.74. The van der Waals surface area contributed by atoms with Gasteiger partial charge < -0.3 is 15.2 Å². The first kappa shape index (κ1) is 13.4. The average molecular weight is 276 g/mol. The molecule has 2 N–H and O–H groups in total. The number of hydrogen-bond donors (Lipinski definition) is 1. The van der Waals surface area contributed by atoms with Crippen molar-refractivity contribution in [3.05, 3.63) is 29.8 Å². The molecule has 2 aliphatic heterocycles. The van der Waals surface area contributed by atoms with Crippen LogP contribution in [0.5, 0.6) is 0 Å². The maximum Gasteiger partial charge on any atom is 0.414 e. The Labute approximate surface area is 118 Å². The van der Waals surface area contributed by atoms with E-state index in [4.69, 9.17) is 15.2 Å². The van der Waals surface area contributed by atoms with Gasteiger partial charge in [0.2, 0.25) is 0 Å². The lowest BCUT2D eigenvalue weighted by Crippen LogP contribution is -2.53. The second kappa shape index (κ2) is 5.42. The summed E-state index contributed by atoms with van der Waals surface area (Å²) in [6.07, 6.45) is 2.36. The van der Waals surface area contributed by atoms with Gasteiger partial charge in [-0.15, -0.1) is 0 Å². The van der Waals surface area contributed by atoms with E-state index in [1.807, 2.05) is 24.3 Å². The molecular formula is C15H20N2O3. The van der Waals surface area contributed by atoms with Gasteiger partial charge in [-0.05, 0) is 24.5 Å². The van der Waals surface area contributed by atoms with Gasteiger partial charge in [-0.3, -0.25) is 4.90 Å². The van der Waals surface area contributed by atoms with Crippen molar-refractivity contribution in [1.82, 2.24) is 0 Å². The maximum absolute atomic E-state index is 12.3. The van der Waals surface area contributed by atoms with Crippen LogP contribution >= 0.6 is 0 Å². The summed E-state index contributed by atoms with van der Waals surface area (Å²) >= 11 is 0. The number of ether oxygens (including phenoxy) is 2. The minimum Gasteiger partial charge on any atom is -0.440 e. The lowest BCUT2D eigenvalue weighted by Gasteiger charge is -2.43.